The lowest BCUT2D eigenvalue weighted by molar-refractivity contribution is -0.167. The van der Waals surface area contributed by atoms with Crippen molar-refractivity contribution in [2.45, 2.75) is 226 Å². The van der Waals surface area contributed by atoms with Crippen LogP contribution < -0.4 is 0 Å². The number of hydrogen-bond donors (Lipinski definition) is 0. The molecule has 6 nitrogen and oxygen atoms in total. The van der Waals surface area contributed by atoms with Gasteiger partial charge in [-0.2, -0.15) is 0 Å². The number of carbonyl (C=O) groups is 3. The van der Waals surface area contributed by atoms with Gasteiger partial charge in [0.25, 0.3) is 0 Å². The third kappa shape index (κ3) is 47.4. The molecular weight excluding hydrogens is 769 g/mol. The van der Waals surface area contributed by atoms with Gasteiger partial charge in [-0.15, -0.1) is 0 Å². The molecule has 0 aliphatic heterocycles. The summed E-state index contributed by atoms with van der Waals surface area (Å²) in [5, 5.41) is 0. The lowest BCUT2D eigenvalue weighted by Crippen LogP contribution is -2.30. The van der Waals surface area contributed by atoms with E-state index in [4.69, 9.17) is 14.2 Å². The Kier molecular flexibility index (Phi) is 47.0. The topological polar surface area (TPSA) is 78.9 Å². The van der Waals surface area contributed by atoms with E-state index in [1.54, 1.807) is 0 Å². The third-order valence-corrected chi connectivity index (χ3v) is 10.4. The zero-order valence-corrected chi connectivity index (χ0v) is 40.1. The smallest absolute Gasteiger partial charge is 0.306 e. The summed E-state index contributed by atoms with van der Waals surface area (Å²) in [6.07, 6.45) is 65.3. The summed E-state index contributed by atoms with van der Waals surface area (Å²) in [5.41, 5.74) is 0. The highest BCUT2D eigenvalue weighted by Gasteiger charge is 2.19. The molecule has 352 valence electrons. The molecule has 0 fully saturated rings. The number of hydrogen-bond acceptors (Lipinski definition) is 6. The molecule has 0 aromatic carbocycles. The average molecular weight is 861 g/mol. The minimum atomic E-state index is -0.812. The van der Waals surface area contributed by atoms with Crippen LogP contribution in [0.2, 0.25) is 0 Å². The largest absolute Gasteiger partial charge is 0.462 e. The van der Waals surface area contributed by atoms with Gasteiger partial charge in [0.05, 0.1) is 0 Å². The highest BCUT2D eigenvalue weighted by Crippen LogP contribution is 2.13. The van der Waals surface area contributed by atoms with Crippen LogP contribution in [0.25, 0.3) is 0 Å². The fourth-order valence-corrected chi connectivity index (χ4v) is 6.62. The van der Waals surface area contributed by atoms with Gasteiger partial charge in [-0.05, 0) is 89.9 Å². The van der Waals surface area contributed by atoms with Crippen molar-refractivity contribution in [1.82, 2.24) is 0 Å². The normalized spacial score (nSPS) is 12.9. The Labute approximate surface area is 381 Å². The molecule has 0 saturated heterocycles. The Bertz CT molecular complexity index is 1260. The summed E-state index contributed by atoms with van der Waals surface area (Å²) in [4.78, 5) is 37.9. The van der Waals surface area contributed by atoms with Crippen LogP contribution in [0, 0.1) is 0 Å². The minimum Gasteiger partial charge on any atom is -0.462 e. The quantitative estimate of drug-likeness (QED) is 0.0200. The van der Waals surface area contributed by atoms with Crippen LogP contribution >= 0.6 is 0 Å². The molecule has 0 amide bonds. The number of carbonyl (C=O) groups excluding carboxylic acids is 3. The molecule has 1 unspecified atom stereocenters. The van der Waals surface area contributed by atoms with Gasteiger partial charge in [-0.25, -0.2) is 0 Å². The molecule has 1 atom stereocenters. The van der Waals surface area contributed by atoms with Crippen molar-refractivity contribution in [3.8, 4) is 0 Å². The number of esters is 3. The third-order valence-electron chi connectivity index (χ3n) is 10.4. The van der Waals surface area contributed by atoms with Crippen LogP contribution in [0.3, 0.4) is 0 Å². The Hall–Kier alpha value is -3.67. The summed E-state index contributed by atoms with van der Waals surface area (Å²) >= 11 is 0. The van der Waals surface area contributed by atoms with Crippen LogP contribution in [0.15, 0.2) is 97.2 Å². The molecule has 0 spiro atoms. The maximum Gasteiger partial charge on any atom is 0.306 e. The van der Waals surface area contributed by atoms with Crippen LogP contribution in [0.4, 0.5) is 0 Å². The molecule has 6 heteroatoms. The molecular formula is C56H92O6. The molecule has 0 heterocycles. The molecule has 0 bridgehead atoms. The van der Waals surface area contributed by atoms with Gasteiger partial charge in [0.1, 0.15) is 13.2 Å². The first-order valence-corrected chi connectivity index (χ1v) is 25.3. The van der Waals surface area contributed by atoms with Crippen molar-refractivity contribution >= 4 is 17.9 Å². The Balaban J connectivity index is 4.50. The Morgan fingerprint density at radius 3 is 1.05 bits per heavy atom. The van der Waals surface area contributed by atoms with Crippen molar-refractivity contribution in [1.29, 1.82) is 0 Å². The number of ether oxygens (including phenoxy) is 3. The van der Waals surface area contributed by atoms with Gasteiger partial charge < -0.3 is 14.2 Å². The number of unbranched alkanes of at least 4 members (excludes halogenated alkanes) is 22. The van der Waals surface area contributed by atoms with Gasteiger partial charge in [0.2, 0.25) is 0 Å². The Morgan fingerprint density at radius 2 is 0.645 bits per heavy atom. The molecule has 0 saturated carbocycles. The van der Waals surface area contributed by atoms with Gasteiger partial charge in [0, 0.05) is 19.3 Å². The molecule has 0 N–H and O–H groups in total. The average Bonchev–Trinajstić information content (AvgIpc) is 3.27. The molecule has 0 aromatic rings. The molecule has 0 aliphatic carbocycles. The SMILES string of the molecule is CC/C=C/C=C/C=C/C=C/CCCCCC(=O)OC(COC(=O)CCCCC/C=C/CCCCCCCC)COC(=O)CCCCCCC/C=C/C=C/C=C/CCCCCCC. The van der Waals surface area contributed by atoms with Crippen molar-refractivity contribution < 1.29 is 28.6 Å². The second-order valence-electron chi connectivity index (χ2n) is 16.5. The fraction of sp³-hybridized carbons (Fsp3) is 0.661. The zero-order valence-electron chi connectivity index (χ0n) is 40.1. The maximum atomic E-state index is 12.8. The molecule has 0 rings (SSSR count). The standard InChI is InChI=1S/C56H92O6/c1-4-7-10-13-16-19-22-25-26-27-28-29-32-34-37-40-43-46-49-55(58)61-52-53(62-56(59)50-47-44-41-38-35-31-24-21-18-15-12-9-6-3)51-60-54(57)48-45-42-39-36-33-30-23-20-17-14-11-8-5-2/h9,12,15,18,21-22,24-31,33,35,53H,4-8,10-11,13-14,16-17,19-20,23,32,34,36-52H2,1-3H3/b12-9+,18-15+,24-21+,25-22+,27-26+,29-28+,33-30+,35-31+. The van der Waals surface area contributed by atoms with Crippen molar-refractivity contribution in [2.75, 3.05) is 13.2 Å². The first-order chi connectivity index (χ1) is 30.5. The van der Waals surface area contributed by atoms with Gasteiger partial charge in [-0.1, -0.05) is 208 Å². The van der Waals surface area contributed by atoms with E-state index >= 15 is 0 Å². The highest BCUT2D eigenvalue weighted by molar-refractivity contribution is 5.71. The summed E-state index contributed by atoms with van der Waals surface area (Å²) in [5.74, 6) is -0.989. The number of allylic oxidation sites excluding steroid dienone is 16. The van der Waals surface area contributed by atoms with Crippen molar-refractivity contribution in [3.05, 3.63) is 97.2 Å². The summed E-state index contributed by atoms with van der Waals surface area (Å²) in [6, 6.07) is 0. The fourth-order valence-electron chi connectivity index (χ4n) is 6.62. The van der Waals surface area contributed by atoms with E-state index in [0.29, 0.717) is 19.3 Å². The van der Waals surface area contributed by atoms with E-state index in [0.717, 1.165) is 103 Å². The predicted octanol–water partition coefficient (Wildman–Crippen LogP) is 16.6. The second-order valence-corrected chi connectivity index (χ2v) is 16.5. The summed E-state index contributed by atoms with van der Waals surface area (Å²) in [7, 11) is 0. The van der Waals surface area contributed by atoms with E-state index < -0.39 is 6.10 Å². The van der Waals surface area contributed by atoms with E-state index in [9.17, 15) is 14.4 Å². The van der Waals surface area contributed by atoms with Gasteiger partial charge in [0.15, 0.2) is 6.10 Å². The van der Waals surface area contributed by atoms with E-state index in [-0.39, 0.29) is 37.5 Å². The lowest BCUT2D eigenvalue weighted by atomic mass is 10.1. The van der Waals surface area contributed by atoms with Crippen molar-refractivity contribution in [2.24, 2.45) is 0 Å². The van der Waals surface area contributed by atoms with Crippen LogP contribution in [-0.4, -0.2) is 37.2 Å². The van der Waals surface area contributed by atoms with Gasteiger partial charge >= 0.3 is 17.9 Å². The molecule has 0 aromatic heterocycles. The van der Waals surface area contributed by atoms with Gasteiger partial charge in [-0.3, -0.25) is 14.4 Å². The molecule has 0 radical (unpaired) electrons. The monoisotopic (exact) mass is 861 g/mol. The van der Waals surface area contributed by atoms with Crippen molar-refractivity contribution in [3.63, 3.8) is 0 Å². The highest BCUT2D eigenvalue weighted by atomic mass is 16.6. The molecule has 62 heavy (non-hydrogen) atoms. The first kappa shape index (κ1) is 58.3. The zero-order chi connectivity index (χ0) is 45.1. The maximum absolute atomic E-state index is 12.8. The first-order valence-electron chi connectivity index (χ1n) is 25.3. The Morgan fingerprint density at radius 1 is 0.339 bits per heavy atom. The van der Waals surface area contributed by atoms with E-state index in [1.165, 1.54) is 70.6 Å². The molecule has 0 aliphatic rings. The van der Waals surface area contributed by atoms with Crippen LogP contribution in [0.1, 0.15) is 220 Å². The van der Waals surface area contributed by atoms with E-state index in [1.807, 2.05) is 36.5 Å². The minimum absolute atomic E-state index is 0.110. The van der Waals surface area contributed by atoms with Crippen LogP contribution in [0.5, 0.6) is 0 Å². The summed E-state index contributed by atoms with van der Waals surface area (Å²) < 4.78 is 16.7. The predicted molar refractivity (Wildman–Crippen MR) is 265 cm³/mol. The van der Waals surface area contributed by atoms with E-state index in [2.05, 4.69) is 81.5 Å². The second kappa shape index (κ2) is 50.0. The summed E-state index contributed by atoms with van der Waals surface area (Å²) in [6.45, 7) is 6.39. The lowest BCUT2D eigenvalue weighted by Gasteiger charge is -2.18. The van der Waals surface area contributed by atoms with Crippen LogP contribution in [-0.2, 0) is 28.6 Å². The number of rotatable bonds is 44.